The molecule has 1 aromatic rings. The van der Waals surface area contributed by atoms with Gasteiger partial charge in [0.15, 0.2) is 0 Å². The van der Waals surface area contributed by atoms with E-state index in [1.165, 1.54) is 24.3 Å². The molecule has 1 unspecified atom stereocenters. The number of amides is 1. The summed E-state index contributed by atoms with van der Waals surface area (Å²) < 4.78 is 28.0. The second-order valence-electron chi connectivity index (χ2n) is 3.87. The van der Waals surface area contributed by atoms with Gasteiger partial charge in [0.1, 0.15) is 5.75 Å². The fourth-order valence-electron chi connectivity index (χ4n) is 1.21. The lowest BCUT2D eigenvalue weighted by Crippen LogP contribution is -2.28. The summed E-state index contributed by atoms with van der Waals surface area (Å²) in [5.74, 6) is 0.393. The number of alkyl halides is 3. The van der Waals surface area contributed by atoms with Crippen molar-refractivity contribution < 1.29 is 18.3 Å². The number of carbonyl (C=O) groups excluding carboxylic acids is 1. The average Bonchev–Trinajstić information content (AvgIpc) is 2.35. The van der Waals surface area contributed by atoms with E-state index in [1.807, 2.05) is 6.92 Å². The molecule has 0 heterocycles. The minimum atomic E-state index is -2.87. The van der Waals surface area contributed by atoms with E-state index in [0.29, 0.717) is 18.0 Å². The predicted molar refractivity (Wildman–Crippen MR) is 65.3 cm³/mol. The molecule has 0 saturated carbocycles. The Morgan fingerprint density at radius 1 is 1.39 bits per heavy atom. The summed E-state index contributed by atoms with van der Waals surface area (Å²) in [4.78, 5) is 11.7. The van der Waals surface area contributed by atoms with Crippen LogP contribution in [0.15, 0.2) is 24.3 Å². The van der Waals surface area contributed by atoms with Gasteiger partial charge in [-0.1, -0.05) is 6.92 Å². The summed E-state index contributed by atoms with van der Waals surface area (Å²) in [7, 11) is 0. The third kappa shape index (κ3) is 4.87. The van der Waals surface area contributed by atoms with Gasteiger partial charge >= 0.3 is 6.61 Å². The van der Waals surface area contributed by atoms with Gasteiger partial charge in [-0.05, 0) is 30.2 Å². The van der Waals surface area contributed by atoms with E-state index in [1.54, 1.807) is 0 Å². The molecule has 1 amide bonds. The van der Waals surface area contributed by atoms with Gasteiger partial charge in [-0.25, -0.2) is 0 Å². The van der Waals surface area contributed by atoms with Crippen LogP contribution in [0.5, 0.6) is 5.75 Å². The molecule has 0 aliphatic rings. The van der Waals surface area contributed by atoms with Crippen LogP contribution in [0.4, 0.5) is 8.78 Å². The molecule has 1 N–H and O–H groups in total. The third-order valence-electron chi connectivity index (χ3n) is 2.22. The van der Waals surface area contributed by atoms with Gasteiger partial charge < -0.3 is 10.1 Å². The SMILES string of the molecule is CC(CCl)CNC(=O)c1ccc(OC(F)F)cc1. The molecule has 0 bridgehead atoms. The monoisotopic (exact) mass is 277 g/mol. The van der Waals surface area contributed by atoms with E-state index in [0.717, 1.165) is 0 Å². The number of carbonyl (C=O) groups is 1. The van der Waals surface area contributed by atoms with Crippen LogP contribution in [0.3, 0.4) is 0 Å². The van der Waals surface area contributed by atoms with E-state index < -0.39 is 6.61 Å². The van der Waals surface area contributed by atoms with Gasteiger partial charge in [0, 0.05) is 18.0 Å². The zero-order valence-corrected chi connectivity index (χ0v) is 10.6. The normalized spacial score (nSPS) is 12.3. The summed E-state index contributed by atoms with van der Waals surface area (Å²) in [5, 5.41) is 2.70. The summed E-state index contributed by atoms with van der Waals surface area (Å²) in [6.45, 7) is -0.487. The Balaban J connectivity index is 2.53. The minimum Gasteiger partial charge on any atom is -0.435 e. The number of rotatable bonds is 6. The first-order valence-corrected chi connectivity index (χ1v) is 5.95. The number of hydrogen-bond donors (Lipinski definition) is 1. The van der Waals surface area contributed by atoms with Crippen LogP contribution >= 0.6 is 11.6 Å². The molecule has 6 heteroatoms. The van der Waals surface area contributed by atoms with Crippen LogP contribution in [0.1, 0.15) is 17.3 Å². The Hall–Kier alpha value is -1.36. The molecule has 3 nitrogen and oxygen atoms in total. The molecule has 1 rings (SSSR count). The number of hydrogen-bond acceptors (Lipinski definition) is 2. The summed E-state index contributed by atoms with van der Waals surface area (Å²) in [6.07, 6.45) is 0. The summed E-state index contributed by atoms with van der Waals surface area (Å²) in [5.41, 5.74) is 0.387. The largest absolute Gasteiger partial charge is 0.435 e. The van der Waals surface area contributed by atoms with Crippen molar-refractivity contribution in [1.29, 1.82) is 0 Å². The second kappa shape index (κ2) is 7.16. The van der Waals surface area contributed by atoms with Crippen LogP contribution in [-0.2, 0) is 0 Å². The number of benzene rings is 1. The Morgan fingerprint density at radius 2 is 2.00 bits per heavy atom. The Bertz CT molecular complexity index is 384. The van der Waals surface area contributed by atoms with Crippen molar-refractivity contribution in [3.63, 3.8) is 0 Å². The maximum Gasteiger partial charge on any atom is 0.387 e. The first kappa shape index (κ1) is 14.7. The Kier molecular flexibility index (Phi) is 5.85. The number of halogens is 3. The smallest absolute Gasteiger partial charge is 0.387 e. The molecule has 18 heavy (non-hydrogen) atoms. The van der Waals surface area contributed by atoms with Crippen LogP contribution in [0.2, 0.25) is 0 Å². The van der Waals surface area contributed by atoms with Gasteiger partial charge in [-0.15, -0.1) is 11.6 Å². The Morgan fingerprint density at radius 3 is 2.50 bits per heavy atom. The van der Waals surface area contributed by atoms with Crippen molar-refractivity contribution in [3.05, 3.63) is 29.8 Å². The third-order valence-corrected chi connectivity index (χ3v) is 2.74. The highest BCUT2D eigenvalue weighted by Crippen LogP contribution is 2.14. The maximum atomic E-state index is 11.9. The van der Waals surface area contributed by atoms with Gasteiger partial charge in [0.05, 0.1) is 0 Å². The van der Waals surface area contributed by atoms with Crippen molar-refractivity contribution in [3.8, 4) is 5.75 Å². The lowest BCUT2D eigenvalue weighted by molar-refractivity contribution is -0.0498. The predicted octanol–water partition coefficient (Wildman–Crippen LogP) is 2.89. The summed E-state index contributed by atoms with van der Waals surface area (Å²) in [6, 6.07) is 5.51. The molecule has 0 aliphatic carbocycles. The topological polar surface area (TPSA) is 38.3 Å². The molecule has 0 aliphatic heterocycles. The van der Waals surface area contributed by atoms with Crippen LogP contribution in [0, 0.1) is 5.92 Å². The second-order valence-corrected chi connectivity index (χ2v) is 4.18. The first-order valence-electron chi connectivity index (χ1n) is 5.42. The minimum absolute atomic E-state index is 0.0238. The average molecular weight is 278 g/mol. The lowest BCUT2D eigenvalue weighted by atomic mass is 10.2. The van der Waals surface area contributed by atoms with Crippen molar-refractivity contribution in [2.75, 3.05) is 12.4 Å². The molecule has 0 spiro atoms. The molecule has 0 radical (unpaired) electrons. The fraction of sp³-hybridized carbons (Fsp3) is 0.417. The molecule has 100 valence electrons. The van der Waals surface area contributed by atoms with Crippen molar-refractivity contribution >= 4 is 17.5 Å². The van der Waals surface area contributed by atoms with Gasteiger partial charge in [0.25, 0.3) is 5.91 Å². The van der Waals surface area contributed by atoms with Gasteiger partial charge in [0.2, 0.25) is 0 Å². The van der Waals surface area contributed by atoms with Crippen LogP contribution in [0.25, 0.3) is 0 Å². The zero-order chi connectivity index (χ0) is 13.5. The molecule has 1 aromatic carbocycles. The highest BCUT2D eigenvalue weighted by molar-refractivity contribution is 6.18. The van der Waals surface area contributed by atoms with E-state index >= 15 is 0 Å². The number of ether oxygens (including phenoxy) is 1. The van der Waals surface area contributed by atoms with E-state index in [4.69, 9.17) is 11.6 Å². The lowest BCUT2D eigenvalue weighted by Gasteiger charge is -2.10. The molecule has 1 atom stereocenters. The van der Waals surface area contributed by atoms with E-state index in [2.05, 4.69) is 10.1 Å². The van der Waals surface area contributed by atoms with Crippen molar-refractivity contribution in [2.24, 2.45) is 5.92 Å². The van der Waals surface area contributed by atoms with E-state index in [9.17, 15) is 13.6 Å². The highest BCUT2D eigenvalue weighted by Gasteiger charge is 2.09. The molecule has 0 aromatic heterocycles. The molecular formula is C12H14ClF2NO2. The first-order chi connectivity index (χ1) is 8.52. The Labute approximate surface area is 109 Å². The van der Waals surface area contributed by atoms with Crippen LogP contribution < -0.4 is 10.1 Å². The maximum absolute atomic E-state index is 11.9. The standard InChI is InChI=1S/C12H14ClF2NO2/c1-8(6-13)7-16-11(17)9-2-4-10(5-3-9)18-12(14)15/h2-5,8,12H,6-7H2,1H3,(H,16,17). The molecule has 0 fully saturated rings. The van der Waals surface area contributed by atoms with Gasteiger partial charge in [-0.2, -0.15) is 8.78 Å². The van der Waals surface area contributed by atoms with E-state index in [-0.39, 0.29) is 17.6 Å². The number of nitrogens with one attached hydrogen (secondary N) is 1. The highest BCUT2D eigenvalue weighted by atomic mass is 35.5. The zero-order valence-electron chi connectivity index (χ0n) is 9.83. The van der Waals surface area contributed by atoms with Crippen LogP contribution in [-0.4, -0.2) is 24.9 Å². The van der Waals surface area contributed by atoms with Gasteiger partial charge in [-0.3, -0.25) is 4.79 Å². The molecular weight excluding hydrogens is 264 g/mol. The molecule has 0 saturated heterocycles. The quantitative estimate of drug-likeness (QED) is 0.812. The fourth-order valence-corrected chi connectivity index (χ4v) is 1.32. The summed E-state index contributed by atoms with van der Waals surface area (Å²) >= 11 is 5.61. The van der Waals surface area contributed by atoms with Crippen molar-refractivity contribution in [2.45, 2.75) is 13.5 Å². The van der Waals surface area contributed by atoms with Crippen molar-refractivity contribution in [1.82, 2.24) is 5.32 Å².